The molecule has 0 aromatic carbocycles. The monoisotopic (exact) mass is 245 g/mol. The first-order valence-corrected chi connectivity index (χ1v) is 6.66. The molecule has 16 heavy (non-hydrogen) atoms. The van der Waals surface area contributed by atoms with E-state index in [1.54, 1.807) is 0 Å². The molecule has 1 amide bonds. The Morgan fingerprint density at radius 1 is 1.50 bits per heavy atom. The first-order chi connectivity index (χ1) is 7.28. The van der Waals surface area contributed by atoms with Crippen molar-refractivity contribution < 1.29 is 4.79 Å². The Labute approximate surface area is 104 Å². The number of carbonyl (C=O) groups excluding carboxylic acids is 1. The zero-order valence-electron chi connectivity index (χ0n) is 10.9. The minimum absolute atomic E-state index is 0.156. The molecule has 1 rings (SSSR count). The Morgan fingerprint density at radius 2 is 2.06 bits per heavy atom. The van der Waals surface area contributed by atoms with Crippen LogP contribution in [0.4, 0.5) is 0 Å². The fraction of sp³-hybridized carbons (Fsp3) is 0.923. The number of carbonyl (C=O) groups is 1. The van der Waals surface area contributed by atoms with Crippen molar-refractivity contribution in [2.45, 2.75) is 47.0 Å². The summed E-state index contributed by atoms with van der Waals surface area (Å²) in [5.74, 6) is 1.16. The lowest BCUT2D eigenvalue weighted by molar-refractivity contribution is -0.123. The van der Waals surface area contributed by atoms with E-state index in [9.17, 15) is 4.79 Å². The minimum Gasteiger partial charge on any atom is -0.355 e. The molecule has 1 aliphatic rings. The molecule has 1 saturated carbocycles. The quantitative estimate of drug-likeness (QED) is 0.716. The summed E-state index contributed by atoms with van der Waals surface area (Å²) in [5, 5.41) is 3.07. The molecular weight excluding hydrogens is 222 g/mol. The van der Waals surface area contributed by atoms with Crippen LogP contribution in [0.3, 0.4) is 0 Å². The number of rotatable bonds is 6. The molecule has 1 N–H and O–H groups in total. The van der Waals surface area contributed by atoms with Gasteiger partial charge in [0, 0.05) is 18.3 Å². The van der Waals surface area contributed by atoms with Crippen LogP contribution >= 0.6 is 11.6 Å². The van der Waals surface area contributed by atoms with Crippen LogP contribution in [0.25, 0.3) is 0 Å². The standard InChI is InChI=1S/C13H24ClNO/c1-12(2,6-5-7-14)9-15-11(16)10-8-13(10,3)4/h10H,5-9H2,1-4H3,(H,15,16). The number of hydrogen-bond donors (Lipinski definition) is 1. The molecule has 0 aliphatic heterocycles. The molecule has 0 saturated heterocycles. The summed E-state index contributed by atoms with van der Waals surface area (Å²) in [7, 11) is 0. The second kappa shape index (κ2) is 4.95. The van der Waals surface area contributed by atoms with Crippen LogP contribution in [0.15, 0.2) is 0 Å². The Morgan fingerprint density at radius 3 is 2.50 bits per heavy atom. The Bertz CT molecular complexity index is 261. The third kappa shape index (κ3) is 3.97. The van der Waals surface area contributed by atoms with Gasteiger partial charge in [-0.25, -0.2) is 0 Å². The summed E-state index contributed by atoms with van der Waals surface area (Å²) in [4.78, 5) is 11.8. The van der Waals surface area contributed by atoms with Crippen molar-refractivity contribution in [1.29, 1.82) is 0 Å². The predicted molar refractivity (Wildman–Crippen MR) is 68.6 cm³/mol. The van der Waals surface area contributed by atoms with Gasteiger partial charge in [0.2, 0.25) is 5.91 Å². The van der Waals surface area contributed by atoms with Crippen molar-refractivity contribution in [3.8, 4) is 0 Å². The van der Waals surface area contributed by atoms with E-state index in [1.165, 1.54) is 0 Å². The summed E-state index contributed by atoms with van der Waals surface area (Å²) < 4.78 is 0. The van der Waals surface area contributed by atoms with E-state index < -0.39 is 0 Å². The van der Waals surface area contributed by atoms with Crippen molar-refractivity contribution in [3.63, 3.8) is 0 Å². The third-order valence-corrected chi connectivity index (χ3v) is 3.83. The Hall–Kier alpha value is -0.240. The van der Waals surface area contributed by atoms with E-state index in [4.69, 9.17) is 11.6 Å². The zero-order valence-corrected chi connectivity index (χ0v) is 11.7. The highest BCUT2D eigenvalue weighted by atomic mass is 35.5. The van der Waals surface area contributed by atoms with Gasteiger partial charge in [-0.1, -0.05) is 27.7 Å². The lowest BCUT2D eigenvalue weighted by atomic mass is 9.88. The molecule has 0 aromatic heterocycles. The van der Waals surface area contributed by atoms with Gasteiger partial charge in [-0.15, -0.1) is 11.6 Å². The molecule has 2 nitrogen and oxygen atoms in total. The first-order valence-electron chi connectivity index (χ1n) is 6.12. The van der Waals surface area contributed by atoms with E-state index in [2.05, 4.69) is 33.0 Å². The van der Waals surface area contributed by atoms with Gasteiger partial charge in [0.1, 0.15) is 0 Å². The first kappa shape index (κ1) is 13.8. The molecule has 94 valence electrons. The number of halogens is 1. The lowest BCUT2D eigenvalue weighted by Gasteiger charge is -2.24. The molecule has 0 aromatic rings. The van der Waals surface area contributed by atoms with Crippen molar-refractivity contribution in [2.24, 2.45) is 16.7 Å². The van der Waals surface area contributed by atoms with Gasteiger partial charge in [-0.2, -0.15) is 0 Å². The second-order valence-electron chi connectivity index (χ2n) is 6.42. The third-order valence-electron chi connectivity index (χ3n) is 3.56. The van der Waals surface area contributed by atoms with Gasteiger partial charge < -0.3 is 5.32 Å². The van der Waals surface area contributed by atoms with E-state index >= 15 is 0 Å². The van der Waals surface area contributed by atoms with Crippen molar-refractivity contribution in [3.05, 3.63) is 0 Å². The zero-order chi connectivity index (χ0) is 12.4. The van der Waals surface area contributed by atoms with Crippen molar-refractivity contribution in [1.82, 2.24) is 5.32 Å². The average Bonchev–Trinajstić information content (AvgIpc) is 2.81. The maximum Gasteiger partial charge on any atom is 0.223 e. The van der Waals surface area contributed by atoms with E-state index in [-0.39, 0.29) is 22.7 Å². The predicted octanol–water partition coefficient (Wildman–Crippen LogP) is 3.19. The van der Waals surface area contributed by atoms with Gasteiger partial charge in [0.25, 0.3) is 0 Å². The Balaban J connectivity index is 2.26. The summed E-state index contributed by atoms with van der Waals surface area (Å²) in [6.07, 6.45) is 3.10. The topological polar surface area (TPSA) is 29.1 Å². The highest BCUT2D eigenvalue weighted by Gasteiger charge is 2.50. The molecule has 1 atom stereocenters. The van der Waals surface area contributed by atoms with Gasteiger partial charge in [0.05, 0.1) is 0 Å². The molecule has 1 aliphatic carbocycles. The van der Waals surface area contributed by atoms with Crippen LogP contribution in [0, 0.1) is 16.7 Å². The lowest BCUT2D eigenvalue weighted by Crippen LogP contribution is -2.35. The van der Waals surface area contributed by atoms with Gasteiger partial charge in [-0.3, -0.25) is 4.79 Å². The van der Waals surface area contributed by atoms with Crippen LogP contribution < -0.4 is 5.32 Å². The number of amides is 1. The largest absolute Gasteiger partial charge is 0.355 e. The van der Waals surface area contributed by atoms with Crippen LogP contribution in [0.2, 0.25) is 0 Å². The molecule has 0 radical (unpaired) electrons. The fourth-order valence-electron chi connectivity index (χ4n) is 2.00. The van der Waals surface area contributed by atoms with Crippen molar-refractivity contribution >= 4 is 17.5 Å². The number of hydrogen-bond acceptors (Lipinski definition) is 1. The smallest absolute Gasteiger partial charge is 0.223 e. The second-order valence-corrected chi connectivity index (χ2v) is 6.80. The summed E-state index contributed by atoms with van der Waals surface area (Å²) in [6.45, 7) is 9.41. The van der Waals surface area contributed by atoms with E-state index in [1.807, 2.05) is 0 Å². The van der Waals surface area contributed by atoms with Crippen LogP contribution in [0.5, 0.6) is 0 Å². The maximum absolute atomic E-state index is 11.8. The van der Waals surface area contributed by atoms with Gasteiger partial charge >= 0.3 is 0 Å². The van der Waals surface area contributed by atoms with E-state index in [0.29, 0.717) is 5.88 Å². The van der Waals surface area contributed by atoms with Gasteiger partial charge in [0.15, 0.2) is 0 Å². The highest BCUT2D eigenvalue weighted by Crippen LogP contribution is 2.51. The number of alkyl halides is 1. The summed E-state index contributed by atoms with van der Waals surface area (Å²) in [5.41, 5.74) is 0.383. The Kier molecular flexibility index (Phi) is 4.28. The molecule has 0 spiro atoms. The molecule has 1 unspecified atom stereocenters. The summed E-state index contributed by atoms with van der Waals surface area (Å²) >= 11 is 5.68. The molecule has 3 heteroatoms. The molecular formula is C13H24ClNO. The number of nitrogens with one attached hydrogen (secondary N) is 1. The van der Waals surface area contributed by atoms with Crippen molar-refractivity contribution in [2.75, 3.05) is 12.4 Å². The minimum atomic E-state index is 0.156. The highest BCUT2D eigenvalue weighted by molar-refractivity contribution is 6.17. The van der Waals surface area contributed by atoms with Crippen LogP contribution in [-0.4, -0.2) is 18.3 Å². The maximum atomic E-state index is 11.8. The average molecular weight is 246 g/mol. The van der Waals surface area contributed by atoms with Crippen LogP contribution in [0.1, 0.15) is 47.0 Å². The van der Waals surface area contributed by atoms with E-state index in [0.717, 1.165) is 25.8 Å². The molecule has 0 bridgehead atoms. The summed E-state index contributed by atoms with van der Waals surface area (Å²) in [6, 6.07) is 0. The van der Waals surface area contributed by atoms with Gasteiger partial charge in [-0.05, 0) is 30.1 Å². The SMILES string of the molecule is CC(C)(CCCCl)CNC(=O)C1CC1(C)C. The fourth-order valence-corrected chi connectivity index (χ4v) is 2.13. The molecule has 1 fully saturated rings. The normalized spacial score (nSPS) is 22.9. The van der Waals surface area contributed by atoms with Crippen LogP contribution in [-0.2, 0) is 4.79 Å². The molecule has 0 heterocycles.